The number of hydrogen-bond donors (Lipinski definition) is 1. The van der Waals surface area contributed by atoms with Crippen LogP contribution in [0.2, 0.25) is 0 Å². The SMILES string of the molecule is COCc1cnc(CCN)o1. The van der Waals surface area contributed by atoms with Gasteiger partial charge in [0, 0.05) is 20.1 Å². The van der Waals surface area contributed by atoms with E-state index in [9.17, 15) is 0 Å². The van der Waals surface area contributed by atoms with Crippen molar-refractivity contribution in [1.82, 2.24) is 4.98 Å². The Morgan fingerprint density at radius 1 is 1.73 bits per heavy atom. The van der Waals surface area contributed by atoms with Crippen molar-refractivity contribution in [2.75, 3.05) is 13.7 Å². The van der Waals surface area contributed by atoms with Crippen molar-refractivity contribution in [2.24, 2.45) is 5.73 Å². The maximum atomic E-state index is 5.31. The van der Waals surface area contributed by atoms with Crippen LogP contribution in [0.25, 0.3) is 0 Å². The second kappa shape index (κ2) is 4.10. The molecule has 0 bridgehead atoms. The Balaban J connectivity index is 2.51. The highest BCUT2D eigenvalue weighted by Gasteiger charge is 2.00. The van der Waals surface area contributed by atoms with Crippen LogP contribution in [-0.4, -0.2) is 18.6 Å². The minimum absolute atomic E-state index is 0.470. The topological polar surface area (TPSA) is 61.3 Å². The fourth-order valence-corrected chi connectivity index (χ4v) is 0.796. The lowest BCUT2D eigenvalue weighted by Crippen LogP contribution is -2.02. The molecule has 0 radical (unpaired) electrons. The average molecular weight is 156 g/mol. The summed E-state index contributed by atoms with van der Waals surface area (Å²) in [5.74, 6) is 1.43. The van der Waals surface area contributed by atoms with E-state index in [1.54, 1.807) is 13.3 Å². The third kappa shape index (κ3) is 2.32. The Bertz CT molecular complexity index is 189. The van der Waals surface area contributed by atoms with Crippen LogP contribution in [-0.2, 0) is 17.8 Å². The van der Waals surface area contributed by atoms with Gasteiger partial charge in [0.2, 0.25) is 0 Å². The first-order valence-corrected chi connectivity index (χ1v) is 3.49. The van der Waals surface area contributed by atoms with Crippen LogP contribution in [0.15, 0.2) is 10.6 Å². The molecule has 0 aliphatic heterocycles. The van der Waals surface area contributed by atoms with Gasteiger partial charge in [-0.1, -0.05) is 0 Å². The van der Waals surface area contributed by atoms with Crippen LogP contribution in [0.1, 0.15) is 11.7 Å². The molecule has 0 saturated heterocycles. The van der Waals surface area contributed by atoms with Gasteiger partial charge < -0.3 is 14.9 Å². The Labute approximate surface area is 65.4 Å². The summed E-state index contributed by atoms with van der Waals surface area (Å²) in [6.07, 6.45) is 2.35. The number of nitrogens with zero attached hydrogens (tertiary/aromatic N) is 1. The van der Waals surface area contributed by atoms with E-state index < -0.39 is 0 Å². The molecule has 62 valence electrons. The van der Waals surface area contributed by atoms with Crippen molar-refractivity contribution in [2.45, 2.75) is 13.0 Å². The first-order chi connectivity index (χ1) is 5.36. The lowest BCUT2D eigenvalue weighted by molar-refractivity contribution is 0.162. The summed E-state index contributed by atoms with van der Waals surface area (Å²) in [4.78, 5) is 4.00. The van der Waals surface area contributed by atoms with Crippen molar-refractivity contribution in [3.8, 4) is 0 Å². The van der Waals surface area contributed by atoms with Crippen LogP contribution < -0.4 is 5.73 Å². The fourth-order valence-electron chi connectivity index (χ4n) is 0.796. The first kappa shape index (κ1) is 8.23. The van der Waals surface area contributed by atoms with Gasteiger partial charge in [-0.2, -0.15) is 0 Å². The summed E-state index contributed by atoms with van der Waals surface area (Å²) in [5.41, 5.74) is 5.31. The minimum Gasteiger partial charge on any atom is -0.443 e. The van der Waals surface area contributed by atoms with Gasteiger partial charge in [-0.25, -0.2) is 4.98 Å². The van der Waals surface area contributed by atoms with Gasteiger partial charge in [0.25, 0.3) is 0 Å². The zero-order valence-electron chi connectivity index (χ0n) is 6.54. The average Bonchev–Trinajstić information content (AvgIpc) is 2.38. The fraction of sp³-hybridized carbons (Fsp3) is 0.571. The molecular weight excluding hydrogens is 144 g/mol. The zero-order chi connectivity index (χ0) is 8.10. The van der Waals surface area contributed by atoms with Gasteiger partial charge in [0.1, 0.15) is 12.4 Å². The second-order valence-electron chi connectivity index (χ2n) is 2.19. The van der Waals surface area contributed by atoms with Crippen LogP contribution >= 0.6 is 0 Å². The number of aromatic nitrogens is 1. The maximum absolute atomic E-state index is 5.31. The van der Waals surface area contributed by atoms with Gasteiger partial charge in [-0.15, -0.1) is 0 Å². The lowest BCUT2D eigenvalue weighted by Gasteiger charge is -1.91. The molecule has 0 aliphatic carbocycles. The molecule has 1 aromatic heterocycles. The Morgan fingerprint density at radius 2 is 2.55 bits per heavy atom. The molecular formula is C7H12N2O2. The third-order valence-corrected chi connectivity index (χ3v) is 1.25. The summed E-state index contributed by atoms with van der Waals surface area (Å²) >= 11 is 0. The van der Waals surface area contributed by atoms with Gasteiger partial charge in [0.15, 0.2) is 5.89 Å². The van der Waals surface area contributed by atoms with Crippen molar-refractivity contribution in [3.05, 3.63) is 17.8 Å². The Kier molecular flexibility index (Phi) is 3.07. The number of methoxy groups -OCH3 is 1. The summed E-state index contributed by atoms with van der Waals surface area (Å²) in [6.45, 7) is 1.03. The summed E-state index contributed by atoms with van der Waals surface area (Å²) in [5, 5.41) is 0. The molecule has 0 amide bonds. The molecule has 1 heterocycles. The van der Waals surface area contributed by atoms with Crippen LogP contribution in [0, 0.1) is 0 Å². The second-order valence-corrected chi connectivity index (χ2v) is 2.19. The van der Waals surface area contributed by atoms with E-state index in [-0.39, 0.29) is 0 Å². The van der Waals surface area contributed by atoms with Gasteiger partial charge in [-0.3, -0.25) is 0 Å². The number of ether oxygens (including phenoxy) is 1. The van der Waals surface area contributed by atoms with Crippen LogP contribution in [0.3, 0.4) is 0 Å². The summed E-state index contributed by atoms with van der Waals surface area (Å²) in [7, 11) is 1.62. The molecule has 11 heavy (non-hydrogen) atoms. The normalized spacial score (nSPS) is 10.4. The van der Waals surface area contributed by atoms with E-state index in [4.69, 9.17) is 14.9 Å². The Hall–Kier alpha value is -0.870. The van der Waals surface area contributed by atoms with E-state index >= 15 is 0 Å². The highest BCUT2D eigenvalue weighted by molar-refractivity contribution is 4.92. The molecule has 1 rings (SSSR count). The monoisotopic (exact) mass is 156 g/mol. The number of hydrogen-bond acceptors (Lipinski definition) is 4. The molecule has 0 spiro atoms. The van der Waals surface area contributed by atoms with E-state index in [2.05, 4.69) is 4.98 Å². The largest absolute Gasteiger partial charge is 0.443 e. The standard InChI is InChI=1S/C7H12N2O2/c1-10-5-6-4-9-7(11-6)2-3-8/h4H,2-3,5,8H2,1H3. The van der Waals surface area contributed by atoms with Gasteiger partial charge in [-0.05, 0) is 0 Å². The van der Waals surface area contributed by atoms with Crippen molar-refractivity contribution in [3.63, 3.8) is 0 Å². The molecule has 0 aliphatic rings. The predicted molar refractivity (Wildman–Crippen MR) is 40.0 cm³/mol. The van der Waals surface area contributed by atoms with E-state index in [1.807, 2.05) is 0 Å². The van der Waals surface area contributed by atoms with E-state index in [0.717, 1.165) is 5.76 Å². The van der Waals surface area contributed by atoms with Gasteiger partial charge in [0.05, 0.1) is 6.20 Å². The molecule has 0 unspecified atom stereocenters. The van der Waals surface area contributed by atoms with Crippen LogP contribution in [0.4, 0.5) is 0 Å². The Morgan fingerprint density at radius 3 is 3.18 bits per heavy atom. The quantitative estimate of drug-likeness (QED) is 0.682. The molecule has 0 fully saturated rings. The molecule has 1 aromatic rings. The highest BCUT2D eigenvalue weighted by Crippen LogP contribution is 2.04. The molecule has 4 nitrogen and oxygen atoms in total. The van der Waals surface area contributed by atoms with E-state index in [0.29, 0.717) is 25.5 Å². The maximum Gasteiger partial charge on any atom is 0.195 e. The number of oxazole rings is 1. The van der Waals surface area contributed by atoms with E-state index in [1.165, 1.54) is 0 Å². The van der Waals surface area contributed by atoms with Gasteiger partial charge >= 0.3 is 0 Å². The zero-order valence-corrected chi connectivity index (χ0v) is 6.54. The molecule has 4 heteroatoms. The third-order valence-electron chi connectivity index (χ3n) is 1.25. The molecule has 0 atom stereocenters. The minimum atomic E-state index is 0.470. The highest BCUT2D eigenvalue weighted by atomic mass is 16.5. The number of nitrogens with two attached hydrogens (primary N) is 1. The van der Waals surface area contributed by atoms with Crippen molar-refractivity contribution < 1.29 is 9.15 Å². The number of rotatable bonds is 4. The molecule has 0 saturated carbocycles. The first-order valence-electron chi connectivity index (χ1n) is 3.49. The van der Waals surface area contributed by atoms with Crippen molar-refractivity contribution >= 4 is 0 Å². The molecule has 0 aromatic carbocycles. The van der Waals surface area contributed by atoms with Crippen molar-refractivity contribution in [1.29, 1.82) is 0 Å². The summed E-state index contributed by atoms with van der Waals surface area (Å²) in [6, 6.07) is 0. The smallest absolute Gasteiger partial charge is 0.195 e. The molecule has 2 N–H and O–H groups in total. The predicted octanol–water partition coefficient (Wildman–Crippen LogP) is 0.322. The lowest BCUT2D eigenvalue weighted by atomic mass is 10.4. The summed E-state index contributed by atoms with van der Waals surface area (Å²) < 4.78 is 10.1. The van der Waals surface area contributed by atoms with Crippen LogP contribution in [0.5, 0.6) is 0 Å².